The lowest BCUT2D eigenvalue weighted by atomic mass is 10.3. The molecule has 1 rings (SSSR count). The van der Waals surface area contributed by atoms with Gasteiger partial charge in [-0.25, -0.2) is 0 Å². The highest BCUT2D eigenvalue weighted by Gasteiger charge is 1.89. The summed E-state index contributed by atoms with van der Waals surface area (Å²) in [5, 5.41) is 8.85. The van der Waals surface area contributed by atoms with E-state index >= 15 is 0 Å². The van der Waals surface area contributed by atoms with Gasteiger partial charge in [0, 0.05) is 11.9 Å². The van der Waals surface area contributed by atoms with E-state index in [-0.39, 0.29) is 5.75 Å². The number of hydrogen-bond donors (Lipinski definition) is 2. The van der Waals surface area contributed by atoms with Gasteiger partial charge < -0.3 is 5.11 Å². The molecule has 0 amide bonds. The van der Waals surface area contributed by atoms with Gasteiger partial charge in [-0.05, 0) is 11.6 Å². The highest BCUT2D eigenvalue weighted by atomic mass is 32.1. The fraction of sp³-hybridized carbons (Fsp3) is 0.167. The average molecular weight is 141 g/mol. The first-order chi connectivity index (χ1) is 4.33. The number of aromatic hydroxyl groups is 1. The predicted octanol–water partition coefficient (Wildman–Crippen LogP) is 1.22. The molecule has 2 nitrogen and oxygen atoms in total. The molecular weight excluding hydrogens is 134 g/mol. The van der Waals surface area contributed by atoms with Crippen molar-refractivity contribution in [1.82, 2.24) is 4.98 Å². The summed E-state index contributed by atoms with van der Waals surface area (Å²) in [6, 6.07) is 1.64. The fourth-order valence-corrected chi connectivity index (χ4v) is 0.733. The minimum absolute atomic E-state index is 0.196. The van der Waals surface area contributed by atoms with Crippen LogP contribution in [0.3, 0.4) is 0 Å². The van der Waals surface area contributed by atoms with E-state index in [1.807, 2.05) is 0 Å². The zero-order valence-corrected chi connectivity index (χ0v) is 5.68. The first-order valence-corrected chi connectivity index (χ1v) is 3.20. The lowest BCUT2D eigenvalue weighted by Gasteiger charge is -1.93. The van der Waals surface area contributed by atoms with Crippen LogP contribution in [-0.2, 0) is 5.75 Å². The van der Waals surface area contributed by atoms with Crippen molar-refractivity contribution in [3.8, 4) is 5.75 Å². The number of pyridine rings is 1. The normalized spacial score (nSPS) is 9.44. The van der Waals surface area contributed by atoms with Crippen molar-refractivity contribution in [2.24, 2.45) is 0 Å². The number of hydrogen-bond acceptors (Lipinski definition) is 3. The Kier molecular flexibility index (Phi) is 1.95. The van der Waals surface area contributed by atoms with Crippen LogP contribution >= 0.6 is 12.6 Å². The fourth-order valence-electron chi connectivity index (χ4n) is 0.560. The van der Waals surface area contributed by atoms with Crippen LogP contribution in [0, 0.1) is 0 Å². The van der Waals surface area contributed by atoms with Crippen LogP contribution in [0.25, 0.3) is 0 Å². The first kappa shape index (κ1) is 6.42. The minimum atomic E-state index is 0.196. The van der Waals surface area contributed by atoms with E-state index in [1.165, 1.54) is 6.20 Å². The van der Waals surface area contributed by atoms with E-state index in [4.69, 9.17) is 5.11 Å². The van der Waals surface area contributed by atoms with Crippen LogP contribution in [0.4, 0.5) is 0 Å². The van der Waals surface area contributed by atoms with Crippen LogP contribution in [0.1, 0.15) is 5.56 Å². The van der Waals surface area contributed by atoms with Gasteiger partial charge >= 0.3 is 0 Å². The molecule has 0 saturated carbocycles. The monoisotopic (exact) mass is 141 g/mol. The first-order valence-electron chi connectivity index (χ1n) is 2.56. The Morgan fingerprint density at radius 1 is 1.56 bits per heavy atom. The summed E-state index contributed by atoms with van der Waals surface area (Å²) in [4.78, 5) is 3.76. The van der Waals surface area contributed by atoms with Gasteiger partial charge in [0.1, 0.15) is 5.75 Å². The van der Waals surface area contributed by atoms with E-state index in [2.05, 4.69) is 17.6 Å². The Hall–Kier alpha value is -0.700. The molecule has 0 aliphatic rings. The molecule has 0 fully saturated rings. The molecule has 0 aliphatic carbocycles. The molecule has 0 spiro atoms. The molecule has 0 unspecified atom stereocenters. The smallest absolute Gasteiger partial charge is 0.134 e. The maximum atomic E-state index is 8.85. The molecule has 0 atom stereocenters. The summed E-state index contributed by atoms with van der Waals surface area (Å²) in [5.74, 6) is 0.808. The van der Waals surface area contributed by atoms with Crippen LogP contribution in [0.5, 0.6) is 5.75 Å². The third-order valence-corrected chi connectivity index (χ3v) is 1.33. The van der Waals surface area contributed by atoms with Gasteiger partial charge in [0.2, 0.25) is 0 Å². The Balaban J connectivity index is 2.94. The van der Waals surface area contributed by atoms with E-state index in [9.17, 15) is 0 Å². The average Bonchev–Trinajstić information content (AvgIpc) is 1.88. The molecule has 1 N–H and O–H groups in total. The lowest BCUT2D eigenvalue weighted by molar-refractivity contribution is 0.472. The van der Waals surface area contributed by atoms with Crippen LogP contribution in [0.15, 0.2) is 18.5 Å². The zero-order chi connectivity index (χ0) is 6.69. The van der Waals surface area contributed by atoms with E-state index in [1.54, 1.807) is 12.3 Å². The van der Waals surface area contributed by atoms with Crippen molar-refractivity contribution in [3.05, 3.63) is 24.0 Å². The highest BCUT2D eigenvalue weighted by molar-refractivity contribution is 7.79. The SMILES string of the molecule is Oc1cncc(CS)c1. The van der Waals surface area contributed by atoms with Crippen LogP contribution in [-0.4, -0.2) is 10.1 Å². The molecule has 1 heterocycles. The minimum Gasteiger partial charge on any atom is -0.506 e. The van der Waals surface area contributed by atoms with E-state index < -0.39 is 0 Å². The van der Waals surface area contributed by atoms with Gasteiger partial charge in [0.25, 0.3) is 0 Å². The molecule has 48 valence electrons. The Labute approximate surface area is 59.0 Å². The topological polar surface area (TPSA) is 33.1 Å². The molecule has 0 radical (unpaired) electrons. The molecule has 0 aromatic carbocycles. The predicted molar refractivity (Wildman–Crippen MR) is 38.6 cm³/mol. The van der Waals surface area contributed by atoms with Gasteiger partial charge in [0.15, 0.2) is 0 Å². The second-order valence-electron chi connectivity index (χ2n) is 1.71. The number of thiol groups is 1. The zero-order valence-electron chi connectivity index (χ0n) is 4.78. The molecule has 0 aliphatic heterocycles. The third-order valence-electron chi connectivity index (χ3n) is 0.963. The van der Waals surface area contributed by atoms with Crippen LogP contribution < -0.4 is 0 Å². The van der Waals surface area contributed by atoms with Crippen molar-refractivity contribution < 1.29 is 5.11 Å². The Bertz CT molecular complexity index is 202. The number of aromatic nitrogens is 1. The van der Waals surface area contributed by atoms with Gasteiger partial charge in [-0.15, -0.1) is 0 Å². The largest absolute Gasteiger partial charge is 0.506 e. The van der Waals surface area contributed by atoms with Gasteiger partial charge in [0.05, 0.1) is 6.20 Å². The third kappa shape index (κ3) is 1.61. The molecule has 1 aromatic heterocycles. The van der Waals surface area contributed by atoms with E-state index in [0.717, 1.165) is 5.56 Å². The quantitative estimate of drug-likeness (QED) is 0.576. The summed E-state index contributed by atoms with van der Waals surface area (Å²) in [6.45, 7) is 0. The van der Waals surface area contributed by atoms with E-state index in [0.29, 0.717) is 5.75 Å². The maximum Gasteiger partial charge on any atom is 0.134 e. The van der Waals surface area contributed by atoms with Gasteiger partial charge in [-0.3, -0.25) is 4.98 Å². The summed E-state index contributed by atoms with van der Waals surface area (Å²) in [5.41, 5.74) is 0.929. The van der Waals surface area contributed by atoms with Crippen LogP contribution in [0.2, 0.25) is 0 Å². The van der Waals surface area contributed by atoms with Crippen molar-refractivity contribution in [3.63, 3.8) is 0 Å². The Morgan fingerprint density at radius 2 is 2.33 bits per heavy atom. The highest BCUT2D eigenvalue weighted by Crippen LogP contribution is 2.09. The summed E-state index contributed by atoms with van der Waals surface area (Å²) < 4.78 is 0. The standard InChI is InChI=1S/C6H7NOS/c8-6-1-5(4-9)2-7-3-6/h1-3,8-9H,4H2. The van der Waals surface area contributed by atoms with Crippen molar-refractivity contribution in [1.29, 1.82) is 0 Å². The molecule has 9 heavy (non-hydrogen) atoms. The van der Waals surface area contributed by atoms with Gasteiger partial charge in [-0.1, -0.05) is 0 Å². The number of rotatable bonds is 1. The number of nitrogens with zero attached hydrogens (tertiary/aromatic N) is 1. The molecule has 0 bridgehead atoms. The Morgan fingerprint density at radius 3 is 2.78 bits per heavy atom. The second kappa shape index (κ2) is 2.73. The second-order valence-corrected chi connectivity index (χ2v) is 2.03. The van der Waals surface area contributed by atoms with Crippen molar-refractivity contribution in [2.45, 2.75) is 5.75 Å². The summed E-state index contributed by atoms with van der Waals surface area (Å²) in [6.07, 6.45) is 3.07. The molecule has 0 saturated heterocycles. The lowest BCUT2D eigenvalue weighted by Crippen LogP contribution is -1.78. The molecule has 3 heteroatoms. The van der Waals surface area contributed by atoms with Crippen molar-refractivity contribution >= 4 is 12.6 Å². The molecular formula is C6H7NOS. The van der Waals surface area contributed by atoms with Gasteiger partial charge in [-0.2, -0.15) is 12.6 Å². The van der Waals surface area contributed by atoms with Crippen molar-refractivity contribution in [2.75, 3.05) is 0 Å². The summed E-state index contributed by atoms with van der Waals surface area (Å²) in [7, 11) is 0. The maximum absolute atomic E-state index is 8.85. The molecule has 1 aromatic rings. The summed E-state index contributed by atoms with van der Waals surface area (Å²) >= 11 is 4.01.